The van der Waals surface area contributed by atoms with Gasteiger partial charge >= 0.3 is 11.8 Å². The molecule has 3 N–H and O–H groups in total. The number of hydrogen-bond donors (Lipinski definition) is 3. The number of amides is 3. The van der Waals surface area contributed by atoms with Crippen molar-refractivity contribution in [2.45, 2.75) is 31.8 Å². The van der Waals surface area contributed by atoms with Crippen LogP contribution in [0, 0.1) is 0 Å². The summed E-state index contributed by atoms with van der Waals surface area (Å²) in [4.78, 5) is 38.1. The highest BCUT2D eigenvalue weighted by molar-refractivity contribution is 6.39. The maximum atomic E-state index is 12.2. The standard InChI is InChI=1S/C20H21N3O5/c24-15(16-4-2-8-28-16)5-6-21-19(26)20(27)22-14-9-12-3-1-7-23-17(25)11-13(10-14)18(12)23/h2,4,8-10,15,24H,1,3,5-7,11H2,(H,21,26)(H,22,27)/t15-/m0/s1. The number of benzene rings is 1. The minimum Gasteiger partial charge on any atom is -0.467 e. The highest BCUT2D eigenvalue weighted by Crippen LogP contribution is 2.38. The van der Waals surface area contributed by atoms with Crippen molar-refractivity contribution in [3.63, 3.8) is 0 Å². The molecule has 1 atom stereocenters. The molecule has 0 radical (unpaired) electrons. The molecule has 1 aromatic heterocycles. The Morgan fingerprint density at radius 2 is 2.07 bits per heavy atom. The number of carbonyl (C=O) groups excluding carboxylic acids is 3. The first-order chi connectivity index (χ1) is 13.5. The quantitative estimate of drug-likeness (QED) is 0.674. The van der Waals surface area contributed by atoms with Crippen LogP contribution in [0.3, 0.4) is 0 Å². The zero-order valence-corrected chi connectivity index (χ0v) is 15.2. The summed E-state index contributed by atoms with van der Waals surface area (Å²) in [7, 11) is 0. The van der Waals surface area contributed by atoms with Crippen molar-refractivity contribution in [2.24, 2.45) is 0 Å². The number of hydrogen-bond acceptors (Lipinski definition) is 5. The van der Waals surface area contributed by atoms with Crippen molar-refractivity contribution >= 4 is 29.1 Å². The predicted molar refractivity (Wildman–Crippen MR) is 101 cm³/mol. The summed E-state index contributed by atoms with van der Waals surface area (Å²) >= 11 is 0. The average Bonchev–Trinajstić information content (AvgIpc) is 3.31. The van der Waals surface area contributed by atoms with Gasteiger partial charge in [-0.15, -0.1) is 0 Å². The molecule has 0 saturated heterocycles. The van der Waals surface area contributed by atoms with Gasteiger partial charge in [0.05, 0.1) is 18.4 Å². The highest BCUT2D eigenvalue weighted by atomic mass is 16.4. The third kappa shape index (κ3) is 3.50. The largest absolute Gasteiger partial charge is 0.467 e. The van der Waals surface area contributed by atoms with E-state index in [0.29, 0.717) is 17.9 Å². The minimum absolute atomic E-state index is 0.0762. The summed E-state index contributed by atoms with van der Waals surface area (Å²) < 4.78 is 5.09. The first-order valence-electron chi connectivity index (χ1n) is 9.30. The SMILES string of the molecule is O=C(NCC[C@H](O)c1ccco1)C(=O)Nc1cc2c3c(c1)CC(=O)N3CCC2. The molecule has 3 heterocycles. The molecule has 0 fully saturated rings. The number of nitrogens with one attached hydrogen (secondary N) is 2. The zero-order chi connectivity index (χ0) is 19.7. The number of carbonyl (C=O) groups is 3. The van der Waals surface area contributed by atoms with E-state index >= 15 is 0 Å². The number of rotatable bonds is 5. The maximum Gasteiger partial charge on any atom is 0.313 e. The molecule has 8 nitrogen and oxygen atoms in total. The van der Waals surface area contributed by atoms with Crippen LogP contribution >= 0.6 is 0 Å². The molecule has 0 aliphatic carbocycles. The van der Waals surface area contributed by atoms with E-state index in [9.17, 15) is 19.5 Å². The lowest BCUT2D eigenvalue weighted by atomic mass is 9.99. The zero-order valence-electron chi connectivity index (χ0n) is 15.2. The fraction of sp³-hybridized carbons (Fsp3) is 0.350. The molecule has 2 aliphatic heterocycles. The summed E-state index contributed by atoms with van der Waals surface area (Å²) in [5, 5.41) is 15.0. The number of aliphatic hydroxyl groups excluding tert-OH is 1. The monoisotopic (exact) mass is 383 g/mol. The minimum atomic E-state index is -0.844. The van der Waals surface area contributed by atoms with Gasteiger partial charge in [-0.1, -0.05) is 0 Å². The van der Waals surface area contributed by atoms with Gasteiger partial charge in [0.2, 0.25) is 5.91 Å². The summed E-state index contributed by atoms with van der Waals surface area (Å²) in [6.07, 6.45) is 2.89. The van der Waals surface area contributed by atoms with Gasteiger partial charge in [0.25, 0.3) is 0 Å². The van der Waals surface area contributed by atoms with Crippen LogP contribution < -0.4 is 15.5 Å². The van der Waals surface area contributed by atoms with Crippen molar-refractivity contribution < 1.29 is 23.9 Å². The second-order valence-corrected chi connectivity index (χ2v) is 7.00. The summed E-state index contributed by atoms with van der Waals surface area (Å²) in [5.74, 6) is -1.07. The fourth-order valence-electron chi connectivity index (χ4n) is 3.77. The molecule has 2 aromatic rings. The van der Waals surface area contributed by atoms with E-state index in [1.807, 2.05) is 6.07 Å². The Morgan fingerprint density at radius 1 is 1.25 bits per heavy atom. The molecule has 0 saturated carbocycles. The molecule has 8 heteroatoms. The lowest BCUT2D eigenvalue weighted by Gasteiger charge is -2.26. The van der Waals surface area contributed by atoms with Crippen LogP contribution in [0.4, 0.5) is 11.4 Å². The Labute approximate surface area is 161 Å². The first kappa shape index (κ1) is 18.2. The van der Waals surface area contributed by atoms with E-state index in [-0.39, 0.29) is 18.9 Å². The van der Waals surface area contributed by atoms with Gasteiger partial charge in [-0.25, -0.2) is 0 Å². The number of nitrogens with zero attached hydrogens (tertiary/aromatic N) is 1. The van der Waals surface area contributed by atoms with Crippen molar-refractivity contribution in [1.29, 1.82) is 0 Å². The lowest BCUT2D eigenvalue weighted by Crippen LogP contribution is -2.36. The number of aryl methyl sites for hydroxylation is 1. The van der Waals surface area contributed by atoms with E-state index in [0.717, 1.165) is 36.2 Å². The second kappa shape index (κ2) is 7.47. The van der Waals surface area contributed by atoms with Crippen molar-refractivity contribution in [3.8, 4) is 0 Å². The molecule has 3 amide bonds. The van der Waals surface area contributed by atoms with Crippen LogP contribution in [0.15, 0.2) is 34.9 Å². The molecule has 0 spiro atoms. The lowest BCUT2D eigenvalue weighted by molar-refractivity contribution is -0.136. The predicted octanol–water partition coefficient (Wildman–Crippen LogP) is 1.29. The van der Waals surface area contributed by atoms with E-state index in [2.05, 4.69) is 10.6 Å². The van der Waals surface area contributed by atoms with Crippen molar-refractivity contribution in [2.75, 3.05) is 23.3 Å². The third-order valence-electron chi connectivity index (χ3n) is 5.05. The van der Waals surface area contributed by atoms with Gasteiger partial charge in [-0.3, -0.25) is 14.4 Å². The second-order valence-electron chi connectivity index (χ2n) is 7.00. The highest BCUT2D eigenvalue weighted by Gasteiger charge is 2.32. The van der Waals surface area contributed by atoms with Crippen LogP contribution in [-0.4, -0.2) is 35.9 Å². The first-order valence-corrected chi connectivity index (χ1v) is 9.30. The molecule has 28 heavy (non-hydrogen) atoms. The van der Waals surface area contributed by atoms with Crippen LogP contribution in [0.25, 0.3) is 0 Å². The van der Waals surface area contributed by atoms with Gasteiger partial charge in [0.15, 0.2) is 0 Å². The Morgan fingerprint density at radius 3 is 2.86 bits per heavy atom. The molecule has 1 aromatic carbocycles. The molecule has 0 bridgehead atoms. The van der Waals surface area contributed by atoms with Crippen LogP contribution in [0.2, 0.25) is 0 Å². The van der Waals surface area contributed by atoms with Crippen LogP contribution in [0.5, 0.6) is 0 Å². The van der Waals surface area contributed by atoms with Gasteiger partial charge in [0, 0.05) is 18.8 Å². The van der Waals surface area contributed by atoms with Gasteiger partial charge < -0.3 is 25.1 Å². The summed E-state index contributed by atoms with van der Waals surface area (Å²) in [6, 6.07) is 6.90. The van der Waals surface area contributed by atoms with E-state index in [1.165, 1.54) is 6.26 Å². The molecule has 0 unspecified atom stereocenters. The number of aliphatic hydroxyl groups is 1. The average molecular weight is 383 g/mol. The molecule has 146 valence electrons. The molecular formula is C20H21N3O5. The van der Waals surface area contributed by atoms with Crippen molar-refractivity contribution in [1.82, 2.24) is 5.32 Å². The van der Waals surface area contributed by atoms with Gasteiger partial charge in [-0.05, 0) is 54.7 Å². The van der Waals surface area contributed by atoms with Gasteiger partial charge in [-0.2, -0.15) is 0 Å². The smallest absolute Gasteiger partial charge is 0.313 e. The number of anilines is 2. The third-order valence-corrected chi connectivity index (χ3v) is 5.05. The Bertz CT molecular complexity index is 922. The van der Waals surface area contributed by atoms with Crippen LogP contribution in [-0.2, 0) is 27.2 Å². The fourth-order valence-corrected chi connectivity index (χ4v) is 3.77. The van der Waals surface area contributed by atoms with Crippen LogP contribution in [0.1, 0.15) is 35.8 Å². The Kier molecular flexibility index (Phi) is 4.87. The van der Waals surface area contributed by atoms with Gasteiger partial charge in [0.1, 0.15) is 11.9 Å². The van der Waals surface area contributed by atoms with E-state index in [4.69, 9.17) is 4.42 Å². The van der Waals surface area contributed by atoms with E-state index < -0.39 is 17.9 Å². The Balaban J connectivity index is 1.34. The molecule has 4 rings (SSSR count). The normalized spacial score (nSPS) is 15.9. The van der Waals surface area contributed by atoms with E-state index in [1.54, 1.807) is 23.1 Å². The Hall–Kier alpha value is -3.13. The molecule has 2 aliphatic rings. The molecular weight excluding hydrogens is 362 g/mol. The summed E-state index contributed by atoms with van der Waals surface area (Å²) in [5.41, 5.74) is 3.39. The topological polar surface area (TPSA) is 112 Å². The maximum absolute atomic E-state index is 12.2. The summed E-state index contributed by atoms with van der Waals surface area (Å²) in [6.45, 7) is 0.865. The van der Waals surface area contributed by atoms with Crippen molar-refractivity contribution in [3.05, 3.63) is 47.4 Å². The number of furan rings is 1.